The molecule has 0 atom stereocenters. The summed E-state index contributed by atoms with van der Waals surface area (Å²) in [6.07, 6.45) is 0. The molecule has 2 N–H and O–H groups in total. The number of amides is 1. The van der Waals surface area contributed by atoms with Gasteiger partial charge in [0.05, 0.1) is 16.3 Å². The first kappa shape index (κ1) is 13.8. The predicted molar refractivity (Wildman–Crippen MR) is 81.3 cm³/mol. The number of fused-ring (bicyclic) bond motifs is 2. The van der Waals surface area contributed by atoms with Crippen molar-refractivity contribution < 1.29 is 19.1 Å². The highest BCUT2D eigenvalue weighted by Gasteiger charge is 2.11. The van der Waals surface area contributed by atoms with E-state index in [9.17, 15) is 14.4 Å². The molecule has 2 aromatic carbocycles. The van der Waals surface area contributed by atoms with E-state index >= 15 is 0 Å². The molecule has 6 heteroatoms. The lowest BCUT2D eigenvalue weighted by Crippen LogP contribution is -2.08. The fourth-order valence-corrected chi connectivity index (χ4v) is 2.27. The summed E-state index contributed by atoms with van der Waals surface area (Å²) in [4.78, 5) is 34.5. The first-order chi connectivity index (χ1) is 10.5. The zero-order chi connectivity index (χ0) is 15.9. The van der Waals surface area contributed by atoms with Crippen molar-refractivity contribution in [2.75, 3.05) is 5.32 Å². The van der Waals surface area contributed by atoms with Crippen LogP contribution in [-0.2, 0) is 4.79 Å². The van der Waals surface area contributed by atoms with E-state index in [1.54, 1.807) is 12.1 Å². The molecule has 0 aliphatic heterocycles. The van der Waals surface area contributed by atoms with Gasteiger partial charge in [-0.15, -0.1) is 0 Å². The van der Waals surface area contributed by atoms with Crippen molar-refractivity contribution in [3.63, 3.8) is 0 Å². The van der Waals surface area contributed by atoms with E-state index in [2.05, 4.69) is 5.32 Å². The molecule has 0 bridgehead atoms. The van der Waals surface area contributed by atoms with Crippen molar-refractivity contribution in [3.05, 3.63) is 52.2 Å². The van der Waals surface area contributed by atoms with Gasteiger partial charge in [0, 0.05) is 12.6 Å². The molecule has 0 saturated carbocycles. The van der Waals surface area contributed by atoms with Gasteiger partial charge in [0.2, 0.25) is 11.3 Å². The average Bonchev–Trinajstić information content (AvgIpc) is 2.47. The first-order valence-electron chi connectivity index (χ1n) is 6.47. The minimum atomic E-state index is -1.09. The smallest absolute Gasteiger partial charge is 0.335 e. The number of carboxylic acids is 1. The summed E-state index contributed by atoms with van der Waals surface area (Å²) in [7, 11) is 0. The number of carboxylic acid groups (broad SMARTS) is 1. The number of hydrogen-bond donors (Lipinski definition) is 2. The van der Waals surface area contributed by atoms with E-state index < -0.39 is 5.97 Å². The van der Waals surface area contributed by atoms with Crippen LogP contribution in [0.25, 0.3) is 21.9 Å². The van der Waals surface area contributed by atoms with Gasteiger partial charge in [-0.05, 0) is 36.4 Å². The van der Waals surface area contributed by atoms with Crippen molar-refractivity contribution >= 4 is 39.5 Å². The number of carbonyl (C=O) groups is 2. The highest BCUT2D eigenvalue weighted by molar-refractivity contribution is 5.97. The fourth-order valence-electron chi connectivity index (χ4n) is 2.27. The van der Waals surface area contributed by atoms with Gasteiger partial charge in [-0.25, -0.2) is 4.79 Å². The second-order valence-corrected chi connectivity index (χ2v) is 4.84. The van der Waals surface area contributed by atoms with Crippen LogP contribution in [0.5, 0.6) is 0 Å². The number of rotatable bonds is 2. The van der Waals surface area contributed by atoms with Gasteiger partial charge < -0.3 is 14.8 Å². The monoisotopic (exact) mass is 297 g/mol. The van der Waals surface area contributed by atoms with Crippen molar-refractivity contribution in [2.45, 2.75) is 6.92 Å². The van der Waals surface area contributed by atoms with Gasteiger partial charge in [-0.1, -0.05) is 0 Å². The molecule has 3 aromatic rings. The van der Waals surface area contributed by atoms with E-state index in [0.29, 0.717) is 16.7 Å². The molecular weight excluding hydrogens is 286 g/mol. The number of anilines is 1. The molecule has 0 unspecified atom stereocenters. The predicted octanol–water partition coefficient (Wildman–Crippen LogP) is 2.60. The van der Waals surface area contributed by atoms with Crippen molar-refractivity contribution in [1.82, 2.24) is 0 Å². The Kier molecular flexibility index (Phi) is 3.14. The lowest BCUT2D eigenvalue weighted by molar-refractivity contribution is -0.114. The topological polar surface area (TPSA) is 96.6 Å². The normalized spacial score (nSPS) is 10.8. The number of aromatic carboxylic acids is 1. The molecule has 1 aromatic heterocycles. The van der Waals surface area contributed by atoms with Crippen molar-refractivity contribution in [1.29, 1.82) is 0 Å². The minimum absolute atomic E-state index is 0.0462. The van der Waals surface area contributed by atoms with E-state index in [0.717, 1.165) is 0 Å². The molecule has 0 aliphatic carbocycles. The lowest BCUT2D eigenvalue weighted by Gasteiger charge is -2.05. The van der Waals surface area contributed by atoms with Crippen molar-refractivity contribution in [2.24, 2.45) is 0 Å². The highest BCUT2D eigenvalue weighted by Crippen LogP contribution is 2.22. The first-order valence-corrected chi connectivity index (χ1v) is 6.47. The molecule has 0 aliphatic rings. The van der Waals surface area contributed by atoms with E-state index in [1.165, 1.54) is 31.2 Å². The summed E-state index contributed by atoms with van der Waals surface area (Å²) < 4.78 is 5.60. The molecule has 0 radical (unpaired) electrons. The lowest BCUT2D eigenvalue weighted by atomic mass is 10.1. The number of carbonyl (C=O) groups excluding carboxylic acids is 1. The maximum atomic E-state index is 12.5. The third-order valence-corrected chi connectivity index (χ3v) is 3.24. The Hall–Kier alpha value is -3.15. The van der Waals surface area contributed by atoms with Crippen LogP contribution >= 0.6 is 0 Å². The van der Waals surface area contributed by atoms with Crippen LogP contribution in [-0.4, -0.2) is 17.0 Å². The minimum Gasteiger partial charge on any atom is -0.478 e. The Morgan fingerprint density at radius 3 is 2.50 bits per heavy atom. The molecule has 110 valence electrons. The summed E-state index contributed by atoms with van der Waals surface area (Å²) in [5.74, 6) is -1.33. The molecule has 3 rings (SSSR count). The molecule has 1 amide bonds. The van der Waals surface area contributed by atoms with Crippen molar-refractivity contribution in [3.8, 4) is 0 Å². The van der Waals surface area contributed by atoms with Crippen LogP contribution in [0.15, 0.2) is 45.6 Å². The molecule has 0 spiro atoms. The Balaban J connectivity index is 2.29. The Bertz CT molecular complexity index is 987. The summed E-state index contributed by atoms with van der Waals surface area (Å²) in [5, 5.41) is 12.2. The van der Waals surface area contributed by atoms with Crippen LogP contribution in [0.2, 0.25) is 0 Å². The Morgan fingerprint density at radius 2 is 1.82 bits per heavy atom. The zero-order valence-corrected chi connectivity index (χ0v) is 11.5. The summed E-state index contributed by atoms with van der Waals surface area (Å²) in [5.41, 5.74) is 0.804. The van der Waals surface area contributed by atoms with Crippen LogP contribution in [0.4, 0.5) is 5.69 Å². The van der Waals surface area contributed by atoms with Crippen LogP contribution in [0.3, 0.4) is 0 Å². The SMILES string of the molecule is CC(=O)Nc1ccc2oc3cc(C(=O)O)ccc3c(=O)c2c1. The van der Waals surface area contributed by atoms with Crippen LogP contribution in [0, 0.1) is 0 Å². The van der Waals surface area contributed by atoms with Crippen LogP contribution < -0.4 is 10.7 Å². The van der Waals surface area contributed by atoms with Gasteiger partial charge in [0.15, 0.2) is 0 Å². The maximum absolute atomic E-state index is 12.5. The number of benzene rings is 2. The number of nitrogens with one attached hydrogen (secondary N) is 1. The molecule has 6 nitrogen and oxygen atoms in total. The number of hydrogen-bond acceptors (Lipinski definition) is 4. The van der Waals surface area contributed by atoms with Gasteiger partial charge in [-0.2, -0.15) is 0 Å². The second-order valence-electron chi connectivity index (χ2n) is 4.84. The van der Waals surface area contributed by atoms with Gasteiger partial charge in [0.1, 0.15) is 11.2 Å². The summed E-state index contributed by atoms with van der Waals surface area (Å²) in [6, 6.07) is 8.81. The van der Waals surface area contributed by atoms with E-state index in [4.69, 9.17) is 9.52 Å². The Morgan fingerprint density at radius 1 is 1.05 bits per heavy atom. The molecule has 1 heterocycles. The maximum Gasteiger partial charge on any atom is 0.335 e. The van der Waals surface area contributed by atoms with E-state index in [-0.39, 0.29) is 27.9 Å². The van der Waals surface area contributed by atoms with Gasteiger partial charge >= 0.3 is 5.97 Å². The third-order valence-electron chi connectivity index (χ3n) is 3.24. The van der Waals surface area contributed by atoms with Gasteiger partial charge in [0.25, 0.3) is 0 Å². The second kappa shape index (κ2) is 5.00. The highest BCUT2D eigenvalue weighted by atomic mass is 16.4. The molecular formula is C16H11NO5. The van der Waals surface area contributed by atoms with Crippen LogP contribution in [0.1, 0.15) is 17.3 Å². The fraction of sp³-hybridized carbons (Fsp3) is 0.0625. The molecule has 22 heavy (non-hydrogen) atoms. The van der Waals surface area contributed by atoms with Gasteiger partial charge in [-0.3, -0.25) is 9.59 Å². The standard InChI is InChI=1S/C16H11NO5/c1-8(18)17-10-3-5-13-12(7-10)15(19)11-4-2-9(16(20)21)6-14(11)22-13/h2-7H,1H3,(H,17,18)(H,20,21). The largest absolute Gasteiger partial charge is 0.478 e. The molecule has 0 fully saturated rings. The Labute approximate surface area is 124 Å². The zero-order valence-electron chi connectivity index (χ0n) is 11.5. The third kappa shape index (κ3) is 2.31. The molecule has 0 saturated heterocycles. The quantitative estimate of drug-likeness (QED) is 0.709. The summed E-state index contributed by atoms with van der Waals surface area (Å²) >= 11 is 0. The van der Waals surface area contributed by atoms with E-state index in [1.807, 2.05) is 0 Å². The average molecular weight is 297 g/mol. The summed E-state index contributed by atoms with van der Waals surface area (Å²) in [6.45, 7) is 1.38.